The van der Waals surface area contributed by atoms with Gasteiger partial charge in [0.05, 0.1) is 19.7 Å². The van der Waals surface area contributed by atoms with Crippen LogP contribution in [0, 0.1) is 13.8 Å². The van der Waals surface area contributed by atoms with Crippen LogP contribution in [-0.4, -0.2) is 29.2 Å². The monoisotopic (exact) mass is 455 g/mol. The summed E-state index contributed by atoms with van der Waals surface area (Å²) in [6.07, 6.45) is 2.01. The molecule has 0 fully saturated rings. The first-order valence-electron chi connectivity index (χ1n) is 9.74. The van der Waals surface area contributed by atoms with Crippen molar-refractivity contribution in [1.82, 2.24) is 9.13 Å². The van der Waals surface area contributed by atoms with Gasteiger partial charge in [-0.3, -0.25) is 4.18 Å². The van der Waals surface area contributed by atoms with Crippen molar-refractivity contribution in [2.75, 3.05) is 7.11 Å². The molecule has 9 nitrogen and oxygen atoms in total. The Bertz CT molecular complexity index is 1370. The first kappa shape index (κ1) is 23.3. The molecular formula is C22H25N5O4S. The fourth-order valence-electron chi connectivity index (χ4n) is 3.34. The highest BCUT2D eigenvalue weighted by atomic mass is 32.3. The SMILES string of the molecule is COS(=O)(=O)[O-].Cc1c(N=Nc2c[n+](C)c(C)n2-c2ccccc2)c2ccccc2n1C. The Labute approximate surface area is 187 Å². The molecule has 0 aliphatic carbocycles. The van der Waals surface area contributed by atoms with Crippen LogP contribution in [0.25, 0.3) is 16.6 Å². The van der Waals surface area contributed by atoms with E-state index >= 15 is 0 Å². The van der Waals surface area contributed by atoms with Gasteiger partial charge in [0.2, 0.25) is 10.4 Å². The van der Waals surface area contributed by atoms with Gasteiger partial charge < -0.3 is 9.12 Å². The lowest BCUT2D eigenvalue weighted by Crippen LogP contribution is -2.29. The van der Waals surface area contributed by atoms with Crippen molar-refractivity contribution in [1.29, 1.82) is 0 Å². The van der Waals surface area contributed by atoms with Gasteiger partial charge >= 0.3 is 0 Å². The van der Waals surface area contributed by atoms with E-state index in [1.807, 2.05) is 43.6 Å². The van der Waals surface area contributed by atoms with Crippen LogP contribution in [-0.2, 0) is 28.7 Å². The van der Waals surface area contributed by atoms with Crippen molar-refractivity contribution >= 4 is 32.8 Å². The first-order chi connectivity index (χ1) is 15.1. The predicted octanol–water partition coefficient (Wildman–Crippen LogP) is 3.92. The quantitative estimate of drug-likeness (QED) is 0.201. The Morgan fingerprint density at radius 2 is 1.59 bits per heavy atom. The number of imidazole rings is 1. The van der Waals surface area contributed by atoms with Gasteiger partial charge in [-0.15, -0.1) is 10.2 Å². The molecule has 0 aliphatic heterocycles. The minimum absolute atomic E-state index is 0.808. The average Bonchev–Trinajstić information content (AvgIpc) is 3.20. The fourth-order valence-corrected chi connectivity index (χ4v) is 3.34. The molecule has 4 rings (SSSR count). The number of para-hydroxylation sites is 2. The molecule has 10 heteroatoms. The molecule has 0 aliphatic rings. The van der Waals surface area contributed by atoms with Gasteiger partial charge in [0, 0.05) is 25.1 Å². The Hall–Kier alpha value is -3.34. The fraction of sp³-hybridized carbons (Fsp3) is 0.227. The van der Waals surface area contributed by atoms with E-state index in [9.17, 15) is 13.0 Å². The largest absolute Gasteiger partial charge is 0.726 e. The molecule has 0 saturated heterocycles. The maximum Gasteiger partial charge on any atom is 0.284 e. The minimum atomic E-state index is -4.41. The van der Waals surface area contributed by atoms with Crippen molar-refractivity contribution in [3.8, 4) is 5.69 Å². The first-order valence-corrected chi connectivity index (χ1v) is 11.1. The van der Waals surface area contributed by atoms with Crippen molar-refractivity contribution in [2.24, 2.45) is 24.3 Å². The summed E-state index contributed by atoms with van der Waals surface area (Å²) in [5.41, 5.74) is 4.27. The van der Waals surface area contributed by atoms with Gasteiger partial charge in [0.1, 0.15) is 11.4 Å². The lowest BCUT2D eigenvalue weighted by molar-refractivity contribution is -0.676. The van der Waals surface area contributed by atoms with Crippen LogP contribution in [0.2, 0.25) is 0 Å². The number of hydrogen-bond donors (Lipinski definition) is 0. The summed E-state index contributed by atoms with van der Waals surface area (Å²) in [5, 5.41) is 10.4. The van der Waals surface area contributed by atoms with Gasteiger partial charge in [-0.1, -0.05) is 36.4 Å². The summed E-state index contributed by atoms with van der Waals surface area (Å²) in [6.45, 7) is 4.16. The molecule has 32 heavy (non-hydrogen) atoms. The van der Waals surface area contributed by atoms with E-state index in [1.54, 1.807) is 0 Å². The van der Waals surface area contributed by atoms with Crippen LogP contribution in [0.4, 0.5) is 11.5 Å². The molecule has 4 aromatic rings. The molecule has 0 atom stereocenters. The summed E-state index contributed by atoms with van der Waals surface area (Å²) in [5.74, 6) is 1.91. The number of fused-ring (bicyclic) bond motifs is 1. The van der Waals surface area contributed by atoms with E-state index in [1.165, 1.54) is 5.52 Å². The van der Waals surface area contributed by atoms with Gasteiger partial charge in [0.15, 0.2) is 6.20 Å². The Morgan fingerprint density at radius 3 is 2.22 bits per heavy atom. The summed E-state index contributed by atoms with van der Waals surface area (Å²) in [7, 11) is 0.484. The van der Waals surface area contributed by atoms with Gasteiger partial charge in [-0.05, 0) is 25.1 Å². The molecule has 0 bridgehead atoms. The average molecular weight is 456 g/mol. The van der Waals surface area contributed by atoms with Crippen LogP contribution in [0.5, 0.6) is 0 Å². The molecular weight excluding hydrogens is 430 g/mol. The molecule has 0 unspecified atom stereocenters. The molecule has 0 amide bonds. The van der Waals surface area contributed by atoms with E-state index in [0.717, 1.165) is 41.2 Å². The second-order valence-electron chi connectivity index (χ2n) is 7.10. The number of rotatable bonds is 4. The molecule has 0 spiro atoms. The zero-order valence-corrected chi connectivity index (χ0v) is 19.4. The lowest BCUT2D eigenvalue weighted by atomic mass is 10.2. The number of aromatic nitrogens is 3. The Balaban J connectivity index is 0.000000427. The molecule has 168 valence electrons. The highest BCUT2D eigenvalue weighted by Gasteiger charge is 2.20. The van der Waals surface area contributed by atoms with Crippen molar-refractivity contribution in [3.05, 3.63) is 72.3 Å². The van der Waals surface area contributed by atoms with E-state index in [2.05, 4.69) is 73.3 Å². The number of aryl methyl sites for hydroxylation is 2. The van der Waals surface area contributed by atoms with Gasteiger partial charge in [-0.2, -0.15) is 4.57 Å². The second kappa shape index (κ2) is 9.43. The third-order valence-electron chi connectivity index (χ3n) is 5.21. The Morgan fingerprint density at radius 1 is 1.00 bits per heavy atom. The van der Waals surface area contributed by atoms with Crippen molar-refractivity contribution in [2.45, 2.75) is 13.8 Å². The molecule has 0 N–H and O–H groups in total. The second-order valence-corrected chi connectivity index (χ2v) is 8.25. The van der Waals surface area contributed by atoms with E-state index < -0.39 is 10.4 Å². The van der Waals surface area contributed by atoms with Gasteiger partial charge in [-0.25, -0.2) is 13.0 Å². The van der Waals surface area contributed by atoms with Crippen LogP contribution in [0.15, 0.2) is 71.0 Å². The predicted molar refractivity (Wildman–Crippen MR) is 120 cm³/mol. The van der Waals surface area contributed by atoms with Crippen molar-refractivity contribution < 1.29 is 21.7 Å². The van der Waals surface area contributed by atoms with E-state index in [4.69, 9.17) is 0 Å². The molecule has 2 aromatic heterocycles. The molecule has 2 heterocycles. The minimum Gasteiger partial charge on any atom is -0.726 e. The molecule has 0 saturated carbocycles. The third-order valence-corrected chi connectivity index (χ3v) is 5.62. The van der Waals surface area contributed by atoms with Gasteiger partial charge in [0.25, 0.3) is 11.6 Å². The van der Waals surface area contributed by atoms with E-state index in [-0.39, 0.29) is 0 Å². The summed E-state index contributed by atoms with van der Waals surface area (Å²) in [6, 6.07) is 18.5. The van der Waals surface area contributed by atoms with Crippen LogP contribution in [0.3, 0.4) is 0 Å². The summed E-state index contributed by atoms with van der Waals surface area (Å²) >= 11 is 0. The smallest absolute Gasteiger partial charge is 0.284 e. The number of benzene rings is 2. The maximum atomic E-state index is 9.22. The van der Waals surface area contributed by atoms with E-state index in [0.29, 0.717) is 0 Å². The normalized spacial score (nSPS) is 11.7. The highest BCUT2D eigenvalue weighted by Crippen LogP contribution is 2.33. The summed E-state index contributed by atoms with van der Waals surface area (Å²) < 4.78 is 37.4. The van der Waals surface area contributed by atoms with Crippen molar-refractivity contribution in [3.63, 3.8) is 0 Å². The molecule has 0 radical (unpaired) electrons. The Kier molecular flexibility index (Phi) is 6.87. The molecule has 2 aromatic carbocycles. The lowest BCUT2D eigenvalue weighted by Gasteiger charge is -1.99. The maximum absolute atomic E-state index is 9.22. The zero-order chi connectivity index (χ0) is 23.5. The van der Waals surface area contributed by atoms with Crippen LogP contribution < -0.4 is 4.57 Å². The summed E-state index contributed by atoms with van der Waals surface area (Å²) in [4.78, 5) is 0. The number of azo groups is 1. The van der Waals surface area contributed by atoms with Crippen LogP contribution in [0.1, 0.15) is 11.5 Å². The van der Waals surface area contributed by atoms with Crippen LogP contribution >= 0.6 is 0 Å². The topological polar surface area (TPSA) is 105 Å². The zero-order valence-electron chi connectivity index (χ0n) is 18.6. The number of hydrogen-bond acceptors (Lipinski definition) is 6. The standard InChI is InChI=1S/C21H22N5.CH4O4S/c1-15-21(18-12-8-9-13-19(18)25(15)4)23-22-20-14-24(3)16(2)26(20)17-10-6-5-7-11-17;1-5-6(2,3)4/h5-14H,1-4H3;1H3,(H,2,3,4)/q+1;/p-1. The third kappa shape index (κ3) is 4.93. The highest BCUT2D eigenvalue weighted by molar-refractivity contribution is 7.80. The number of nitrogens with zero attached hydrogens (tertiary/aromatic N) is 5.